The van der Waals surface area contributed by atoms with Gasteiger partial charge in [0.2, 0.25) is 10.0 Å². The molecule has 1 aliphatic rings. The lowest BCUT2D eigenvalue weighted by Gasteiger charge is -2.21. The molecule has 0 radical (unpaired) electrons. The number of ether oxygens (including phenoxy) is 1. The van der Waals surface area contributed by atoms with Gasteiger partial charge in [-0.3, -0.25) is 0 Å². The molecule has 0 spiro atoms. The Morgan fingerprint density at radius 2 is 2.10 bits per heavy atom. The smallest absolute Gasteiger partial charge is 0.337 e. The number of sulfonamides is 1. The predicted octanol–water partition coefficient (Wildman–Crippen LogP) is 1.48. The van der Waals surface area contributed by atoms with Crippen molar-refractivity contribution in [2.75, 3.05) is 25.9 Å². The normalized spacial score (nSPS) is 15.2. The van der Waals surface area contributed by atoms with Crippen molar-refractivity contribution < 1.29 is 17.9 Å². The summed E-state index contributed by atoms with van der Waals surface area (Å²) in [4.78, 5) is 11.5. The number of hydrogen-bond acceptors (Lipinski definition) is 5. The van der Waals surface area contributed by atoms with Gasteiger partial charge in [-0.2, -0.15) is 4.31 Å². The van der Waals surface area contributed by atoms with Gasteiger partial charge in [-0.1, -0.05) is 6.92 Å². The highest BCUT2D eigenvalue weighted by Gasteiger charge is 2.31. The van der Waals surface area contributed by atoms with Gasteiger partial charge in [0.05, 0.1) is 18.4 Å². The molecule has 0 aliphatic heterocycles. The van der Waals surface area contributed by atoms with Crippen LogP contribution in [-0.2, 0) is 14.8 Å². The molecule has 1 fully saturated rings. The van der Waals surface area contributed by atoms with E-state index in [0.29, 0.717) is 19.0 Å². The molecular formula is C14H20N2O4S. The number of hydrogen-bond donors (Lipinski definition) is 1. The molecule has 1 aliphatic carbocycles. The maximum absolute atomic E-state index is 12.6. The first-order valence-corrected chi connectivity index (χ1v) is 8.32. The van der Waals surface area contributed by atoms with E-state index >= 15 is 0 Å². The van der Waals surface area contributed by atoms with E-state index in [1.807, 2.05) is 0 Å². The Morgan fingerprint density at radius 3 is 2.57 bits per heavy atom. The average molecular weight is 312 g/mol. The maximum atomic E-state index is 12.6. The van der Waals surface area contributed by atoms with Crippen molar-refractivity contribution in [1.82, 2.24) is 4.31 Å². The van der Waals surface area contributed by atoms with Gasteiger partial charge in [0.15, 0.2) is 0 Å². The summed E-state index contributed by atoms with van der Waals surface area (Å²) in [5.74, 6) is -0.0914. The van der Waals surface area contributed by atoms with Crippen LogP contribution in [0.25, 0.3) is 0 Å². The molecule has 0 unspecified atom stereocenters. The van der Waals surface area contributed by atoms with Gasteiger partial charge in [-0.15, -0.1) is 0 Å². The highest BCUT2D eigenvalue weighted by atomic mass is 32.2. The summed E-state index contributed by atoms with van der Waals surface area (Å²) in [7, 11) is -2.37. The number of nitrogens with two attached hydrogens (primary N) is 1. The number of carbonyl (C=O) groups excluding carboxylic acids is 1. The number of methoxy groups -OCH3 is 1. The minimum absolute atomic E-state index is 0.0395. The number of esters is 1. The molecule has 0 bridgehead atoms. The number of rotatable bonds is 6. The number of nitrogens with zero attached hydrogens (tertiary/aromatic N) is 1. The van der Waals surface area contributed by atoms with E-state index < -0.39 is 16.0 Å². The summed E-state index contributed by atoms with van der Waals surface area (Å²) in [6, 6.07) is 4.12. The highest BCUT2D eigenvalue weighted by Crippen LogP contribution is 2.32. The first-order chi connectivity index (χ1) is 9.90. The summed E-state index contributed by atoms with van der Waals surface area (Å²) >= 11 is 0. The molecule has 0 saturated heterocycles. The highest BCUT2D eigenvalue weighted by molar-refractivity contribution is 7.89. The second kappa shape index (κ2) is 6.03. The van der Waals surface area contributed by atoms with Gasteiger partial charge in [-0.05, 0) is 37.0 Å². The van der Waals surface area contributed by atoms with E-state index in [2.05, 4.69) is 4.74 Å². The van der Waals surface area contributed by atoms with E-state index in [1.54, 1.807) is 6.92 Å². The van der Waals surface area contributed by atoms with Gasteiger partial charge in [0.1, 0.15) is 4.90 Å². The molecule has 2 rings (SSSR count). The van der Waals surface area contributed by atoms with Crippen LogP contribution in [-0.4, -0.2) is 38.9 Å². The average Bonchev–Trinajstić information content (AvgIpc) is 3.27. The van der Waals surface area contributed by atoms with Crippen LogP contribution in [0.2, 0.25) is 0 Å². The van der Waals surface area contributed by atoms with E-state index in [4.69, 9.17) is 5.73 Å². The van der Waals surface area contributed by atoms with Crippen LogP contribution < -0.4 is 5.73 Å². The van der Waals surface area contributed by atoms with Crippen LogP contribution >= 0.6 is 0 Å². The molecule has 0 heterocycles. The SMILES string of the molecule is CCN(CC1CC1)S(=O)(=O)c1ccc(C(=O)OC)cc1N. The lowest BCUT2D eigenvalue weighted by atomic mass is 10.2. The van der Waals surface area contributed by atoms with Crippen molar-refractivity contribution in [2.24, 2.45) is 5.92 Å². The number of carbonyl (C=O) groups is 1. The zero-order valence-corrected chi connectivity index (χ0v) is 13.0. The summed E-state index contributed by atoms with van der Waals surface area (Å²) in [5, 5.41) is 0. The second-order valence-electron chi connectivity index (χ2n) is 5.14. The van der Waals surface area contributed by atoms with Crippen LogP contribution in [0.4, 0.5) is 5.69 Å². The summed E-state index contributed by atoms with van der Waals surface area (Å²) in [6.07, 6.45) is 2.14. The summed E-state index contributed by atoms with van der Waals surface area (Å²) in [5.41, 5.74) is 6.12. The van der Waals surface area contributed by atoms with E-state index in [1.165, 1.54) is 29.6 Å². The molecule has 116 valence electrons. The van der Waals surface area contributed by atoms with E-state index in [9.17, 15) is 13.2 Å². The third-order valence-electron chi connectivity index (χ3n) is 3.56. The summed E-state index contributed by atoms with van der Waals surface area (Å²) in [6.45, 7) is 2.73. The Labute approximate surface area is 124 Å². The molecule has 0 amide bonds. The zero-order chi connectivity index (χ0) is 15.6. The van der Waals surface area contributed by atoms with Crippen LogP contribution in [0.5, 0.6) is 0 Å². The van der Waals surface area contributed by atoms with Gasteiger partial charge >= 0.3 is 5.97 Å². The lowest BCUT2D eigenvalue weighted by Crippen LogP contribution is -2.33. The Morgan fingerprint density at radius 1 is 1.43 bits per heavy atom. The molecule has 7 heteroatoms. The number of nitrogen functional groups attached to an aromatic ring is 1. The molecular weight excluding hydrogens is 292 g/mol. The van der Waals surface area contributed by atoms with Gasteiger partial charge < -0.3 is 10.5 Å². The Kier molecular flexibility index (Phi) is 4.53. The minimum atomic E-state index is -3.63. The Hall–Kier alpha value is -1.60. The van der Waals surface area contributed by atoms with Gasteiger partial charge in [0.25, 0.3) is 0 Å². The number of anilines is 1. The van der Waals surface area contributed by atoms with Crippen LogP contribution in [0.1, 0.15) is 30.1 Å². The largest absolute Gasteiger partial charge is 0.465 e. The first-order valence-electron chi connectivity index (χ1n) is 6.88. The van der Waals surface area contributed by atoms with Crippen LogP contribution in [0, 0.1) is 5.92 Å². The second-order valence-corrected chi connectivity index (χ2v) is 7.05. The fourth-order valence-corrected chi connectivity index (χ4v) is 3.77. The Bertz CT molecular complexity index is 638. The zero-order valence-electron chi connectivity index (χ0n) is 12.2. The molecule has 2 N–H and O–H groups in total. The summed E-state index contributed by atoms with van der Waals surface area (Å²) < 4.78 is 31.3. The molecule has 1 saturated carbocycles. The van der Waals surface area contributed by atoms with E-state index in [-0.39, 0.29) is 16.1 Å². The predicted molar refractivity (Wildman–Crippen MR) is 79.4 cm³/mol. The van der Waals surface area contributed by atoms with Gasteiger partial charge in [-0.25, -0.2) is 13.2 Å². The molecule has 0 aromatic heterocycles. The monoisotopic (exact) mass is 312 g/mol. The van der Waals surface area contributed by atoms with Crippen molar-refractivity contribution in [3.63, 3.8) is 0 Å². The van der Waals surface area contributed by atoms with Crippen molar-refractivity contribution in [2.45, 2.75) is 24.7 Å². The number of benzene rings is 1. The quantitative estimate of drug-likeness (QED) is 0.634. The molecule has 1 aromatic carbocycles. The fourth-order valence-electron chi connectivity index (χ4n) is 2.15. The lowest BCUT2D eigenvalue weighted by molar-refractivity contribution is 0.0600. The standard InChI is InChI=1S/C14H20N2O4S/c1-3-16(9-10-4-5-10)21(18,19)13-7-6-11(8-12(13)15)14(17)20-2/h6-8,10H,3-5,9,15H2,1-2H3. The maximum Gasteiger partial charge on any atom is 0.337 e. The first kappa shape index (κ1) is 15.8. The molecule has 1 aromatic rings. The third kappa shape index (κ3) is 3.36. The molecule has 21 heavy (non-hydrogen) atoms. The van der Waals surface area contributed by atoms with Crippen molar-refractivity contribution in [3.8, 4) is 0 Å². The van der Waals surface area contributed by atoms with Crippen molar-refractivity contribution in [1.29, 1.82) is 0 Å². The topological polar surface area (TPSA) is 89.7 Å². The third-order valence-corrected chi connectivity index (χ3v) is 5.57. The van der Waals surface area contributed by atoms with Crippen LogP contribution in [0.15, 0.2) is 23.1 Å². The molecule has 0 atom stereocenters. The van der Waals surface area contributed by atoms with Crippen LogP contribution in [0.3, 0.4) is 0 Å². The van der Waals surface area contributed by atoms with Gasteiger partial charge in [0, 0.05) is 13.1 Å². The van der Waals surface area contributed by atoms with Crippen molar-refractivity contribution in [3.05, 3.63) is 23.8 Å². The van der Waals surface area contributed by atoms with E-state index in [0.717, 1.165) is 12.8 Å². The minimum Gasteiger partial charge on any atom is -0.465 e. The molecule has 6 nitrogen and oxygen atoms in total. The Balaban J connectivity index is 2.32. The fraction of sp³-hybridized carbons (Fsp3) is 0.500. The van der Waals surface area contributed by atoms with Crippen molar-refractivity contribution >= 4 is 21.7 Å².